The predicted octanol–water partition coefficient (Wildman–Crippen LogP) is -1.68. The van der Waals surface area contributed by atoms with E-state index >= 15 is 0 Å². The molecule has 0 spiro atoms. The van der Waals surface area contributed by atoms with Gasteiger partial charge in [-0.15, -0.1) is 0 Å². The molecule has 0 atom stereocenters. The third-order valence-electron chi connectivity index (χ3n) is 2.60. The molecule has 1 aliphatic rings. The molecule has 1 fully saturated rings. The molecule has 0 amide bonds. The molecule has 0 aliphatic heterocycles. The fourth-order valence-electron chi connectivity index (χ4n) is 1.81. The van der Waals surface area contributed by atoms with Crippen molar-refractivity contribution < 1.29 is 61.6 Å². The Bertz CT molecular complexity index is 104. The minimum atomic E-state index is -0.430. The molecule has 0 bridgehead atoms. The third kappa shape index (κ3) is 7.48. The third-order valence-corrected chi connectivity index (χ3v) is 2.60. The van der Waals surface area contributed by atoms with E-state index in [1.807, 2.05) is 13.8 Å². The molecule has 1 rings (SSSR count). The van der Waals surface area contributed by atoms with Gasteiger partial charge < -0.3 is 10.2 Å². The molecule has 0 saturated heterocycles. The van der Waals surface area contributed by atoms with Crippen molar-refractivity contribution in [2.24, 2.45) is 5.92 Å². The molecule has 1 N–H and O–H groups in total. The van der Waals surface area contributed by atoms with Crippen molar-refractivity contribution in [3.63, 3.8) is 0 Å². The summed E-state index contributed by atoms with van der Waals surface area (Å²) in [6.07, 6.45) is 6.45. The van der Waals surface area contributed by atoms with Crippen molar-refractivity contribution >= 4 is 0 Å². The normalized spacial score (nSPS) is 18.2. The second-order valence-corrected chi connectivity index (χ2v) is 3.99. The molecule has 3 heteroatoms. The van der Waals surface area contributed by atoms with Crippen LogP contribution in [0.15, 0.2) is 0 Å². The average molecular weight is 212 g/mol. The van der Waals surface area contributed by atoms with Crippen molar-refractivity contribution in [3.8, 4) is 0 Å². The van der Waals surface area contributed by atoms with E-state index in [1.165, 1.54) is 32.1 Å². The summed E-state index contributed by atoms with van der Waals surface area (Å²) < 4.78 is 0. The van der Waals surface area contributed by atoms with Crippen molar-refractivity contribution in [2.45, 2.75) is 51.6 Å². The van der Waals surface area contributed by atoms with Gasteiger partial charge in [-0.3, -0.25) is 0 Å². The average Bonchev–Trinajstić information content (AvgIpc) is 2.08. The first kappa shape index (κ1) is 17.0. The SMILES string of the molecule is CC(C)(O)C1CCCCC1.C[O-].[K+]. The predicted molar refractivity (Wildman–Crippen MR) is 48.8 cm³/mol. The van der Waals surface area contributed by atoms with E-state index in [0.29, 0.717) is 5.92 Å². The summed E-state index contributed by atoms with van der Waals surface area (Å²) in [4.78, 5) is 0. The zero-order chi connectivity index (χ0) is 9.61. The molecule has 0 unspecified atom stereocenters. The van der Waals surface area contributed by atoms with Gasteiger partial charge in [-0.05, 0) is 32.6 Å². The summed E-state index contributed by atoms with van der Waals surface area (Å²) in [5.41, 5.74) is -0.430. The fourth-order valence-corrected chi connectivity index (χ4v) is 1.81. The molecule has 0 heterocycles. The maximum atomic E-state index is 9.64. The number of hydrogen-bond acceptors (Lipinski definition) is 2. The molecule has 0 radical (unpaired) electrons. The first-order valence-corrected chi connectivity index (χ1v) is 4.74. The maximum Gasteiger partial charge on any atom is 1.00 e. The summed E-state index contributed by atoms with van der Waals surface area (Å²) in [5, 5.41) is 17.9. The Morgan fingerprint density at radius 2 is 1.46 bits per heavy atom. The molecule has 0 aromatic heterocycles. The van der Waals surface area contributed by atoms with Gasteiger partial charge >= 0.3 is 51.4 Å². The summed E-state index contributed by atoms with van der Waals surface area (Å²) in [5.74, 6) is 0.557. The van der Waals surface area contributed by atoms with Crippen LogP contribution in [0.5, 0.6) is 0 Å². The van der Waals surface area contributed by atoms with E-state index in [4.69, 9.17) is 5.11 Å². The van der Waals surface area contributed by atoms with Crippen LogP contribution < -0.4 is 56.5 Å². The minimum Gasteiger partial charge on any atom is -0.857 e. The van der Waals surface area contributed by atoms with Gasteiger partial charge in [0.25, 0.3) is 0 Å². The molecule has 1 saturated carbocycles. The molecule has 0 aromatic carbocycles. The number of rotatable bonds is 1. The fraction of sp³-hybridized carbons (Fsp3) is 1.00. The first-order chi connectivity index (χ1) is 5.61. The van der Waals surface area contributed by atoms with Crippen LogP contribution in [0.25, 0.3) is 0 Å². The van der Waals surface area contributed by atoms with Crippen LogP contribution in [0.2, 0.25) is 0 Å². The van der Waals surface area contributed by atoms with E-state index in [2.05, 4.69) is 0 Å². The Kier molecular flexibility index (Phi) is 11.5. The van der Waals surface area contributed by atoms with E-state index < -0.39 is 5.60 Å². The van der Waals surface area contributed by atoms with E-state index in [-0.39, 0.29) is 51.4 Å². The second kappa shape index (κ2) is 8.83. The monoisotopic (exact) mass is 212 g/mol. The largest absolute Gasteiger partial charge is 1.00 e. The first-order valence-electron chi connectivity index (χ1n) is 4.74. The number of aliphatic hydroxyl groups is 1. The van der Waals surface area contributed by atoms with Crippen molar-refractivity contribution in [3.05, 3.63) is 0 Å². The molecule has 74 valence electrons. The van der Waals surface area contributed by atoms with Crippen molar-refractivity contribution in [2.75, 3.05) is 7.11 Å². The van der Waals surface area contributed by atoms with Crippen LogP contribution in [-0.2, 0) is 0 Å². The zero-order valence-electron chi connectivity index (χ0n) is 9.47. The summed E-state index contributed by atoms with van der Waals surface area (Å²) in [6.45, 7) is 3.87. The molecule has 13 heavy (non-hydrogen) atoms. The van der Waals surface area contributed by atoms with Crippen LogP contribution in [-0.4, -0.2) is 17.8 Å². The molecule has 0 aromatic rings. The van der Waals surface area contributed by atoms with Crippen LogP contribution in [0.3, 0.4) is 0 Å². The molecular formula is C10H21KO2. The van der Waals surface area contributed by atoms with Crippen LogP contribution in [0.4, 0.5) is 0 Å². The topological polar surface area (TPSA) is 43.3 Å². The quantitative estimate of drug-likeness (QED) is 0.528. The summed E-state index contributed by atoms with van der Waals surface area (Å²) in [7, 11) is 0.750. The van der Waals surface area contributed by atoms with E-state index in [0.717, 1.165) is 7.11 Å². The van der Waals surface area contributed by atoms with Gasteiger partial charge in [-0.25, -0.2) is 0 Å². The van der Waals surface area contributed by atoms with Gasteiger partial charge in [0.05, 0.1) is 5.60 Å². The van der Waals surface area contributed by atoms with Crippen LogP contribution in [0, 0.1) is 5.92 Å². The summed E-state index contributed by atoms with van der Waals surface area (Å²) in [6, 6.07) is 0. The maximum absolute atomic E-state index is 9.64. The molecule has 2 nitrogen and oxygen atoms in total. The van der Waals surface area contributed by atoms with Crippen molar-refractivity contribution in [1.82, 2.24) is 0 Å². The minimum absolute atomic E-state index is 0. The molecular weight excluding hydrogens is 191 g/mol. The second-order valence-electron chi connectivity index (χ2n) is 3.99. The van der Waals surface area contributed by atoms with Gasteiger partial charge in [-0.1, -0.05) is 19.3 Å². The van der Waals surface area contributed by atoms with Gasteiger partial charge in [-0.2, -0.15) is 7.11 Å². The Morgan fingerprint density at radius 3 is 1.69 bits per heavy atom. The Hall–Kier alpha value is 1.56. The van der Waals surface area contributed by atoms with Gasteiger partial charge in [0.15, 0.2) is 0 Å². The van der Waals surface area contributed by atoms with E-state index in [1.54, 1.807) is 0 Å². The van der Waals surface area contributed by atoms with Gasteiger partial charge in [0.1, 0.15) is 0 Å². The number of hydrogen-bond donors (Lipinski definition) is 1. The van der Waals surface area contributed by atoms with Gasteiger partial charge in [0, 0.05) is 0 Å². The Morgan fingerprint density at radius 1 is 1.08 bits per heavy atom. The smallest absolute Gasteiger partial charge is 0.857 e. The molecule has 1 aliphatic carbocycles. The van der Waals surface area contributed by atoms with Crippen molar-refractivity contribution in [1.29, 1.82) is 0 Å². The van der Waals surface area contributed by atoms with E-state index in [9.17, 15) is 5.11 Å². The zero-order valence-corrected chi connectivity index (χ0v) is 12.6. The van der Waals surface area contributed by atoms with Crippen LogP contribution in [0.1, 0.15) is 46.0 Å². The Balaban J connectivity index is 0. The standard InChI is InChI=1S/C9H18O.CH3O.K/c1-9(2,10)8-6-4-3-5-7-8;1-2;/h8,10H,3-7H2,1-2H3;1H3;/q;-1;+1. The Labute approximate surface area is 125 Å². The van der Waals surface area contributed by atoms with Gasteiger partial charge in [0.2, 0.25) is 0 Å². The summed E-state index contributed by atoms with van der Waals surface area (Å²) >= 11 is 0. The van der Waals surface area contributed by atoms with Crippen LogP contribution >= 0.6 is 0 Å².